The topological polar surface area (TPSA) is 68.3 Å². The van der Waals surface area contributed by atoms with Gasteiger partial charge in [0.1, 0.15) is 5.76 Å². The molecule has 0 aliphatic heterocycles. The Morgan fingerprint density at radius 1 is 1.32 bits per heavy atom. The normalized spacial score (nSPS) is 12.3. The van der Waals surface area contributed by atoms with Crippen molar-refractivity contribution in [3.05, 3.63) is 62.5 Å². The summed E-state index contributed by atoms with van der Waals surface area (Å²) >= 11 is 3.26. The molecule has 1 aromatic carbocycles. The van der Waals surface area contributed by atoms with E-state index in [0.717, 1.165) is 11.3 Å². The largest absolute Gasteiger partial charge is 0.453 e. The van der Waals surface area contributed by atoms with Gasteiger partial charge in [0.2, 0.25) is 0 Å². The highest BCUT2D eigenvalue weighted by Crippen LogP contribution is 2.20. The lowest BCUT2D eigenvalue weighted by molar-refractivity contribution is -0.384. The molecule has 2 rings (SSSR count). The summed E-state index contributed by atoms with van der Waals surface area (Å²) in [4.78, 5) is 10.1. The summed E-state index contributed by atoms with van der Waals surface area (Å²) in [6.07, 6.45) is 0. The van der Waals surface area contributed by atoms with Crippen LogP contribution in [-0.2, 0) is 6.54 Å². The first-order valence-corrected chi connectivity index (χ1v) is 6.57. The molecule has 1 heterocycles. The van der Waals surface area contributed by atoms with E-state index in [9.17, 15) is 10.1 Å². The van der Waals surface area contributed by atoms with Crippen LogP contribution in [0.4, 0.5) is 5.69 Å². The van der Waals surface area contributed by atoms with Crippen LogP contribution >= 0.6 is 15.9 Å². The number of nitro benzene ring substituents is 1. The molecule has 0 aliphatic rings. The summed E-state index contributed by atoms with van der Waals surface area (Å²) in [7, 11) is 0. The average Bonchev–Trinajstić information content (AvgIpc) is 2.83. The van der Waals surface area contributed by atoms with Crippen LogP contribution in [-0.4, -0.2) is 4.92 Å². The van der Waals surface area contributed by atoms with Gasteiger partial charge in [-0.3, -0.25) is 10.1 Å². The van der Waals surface area contributed by atoms with Crippen molar-refractivity contribution in [2.45, 2.75) is 19.5 Å². The van der Waals surface area contributed by atoms with Crippen molar-refractivity contribution in [2.24, 2.45) is 0 Å². The molecular weight excluding hydrogens is 312 g/mol. The summed E-state index contributed by atoms with van der Waals surface area (Å²) in [6.45, 7) is 2.62. The van der Waals surface area contributed by atoms with Gasteiger partial charge in [-0.05, 0) is 40.5 Å². The minimum atomic E-state index is -0.403. The molecule has 0 radical (unpaired) electrons. The Bertz CT molecular complexity index is 566. The van der Waals surface area contributed by atoms with Crippen molar-refractivity contribution in [1.29, 1.82) is 0 Å². The fraction of sp³-hybridized carbons (Fsp3) is 0.231. The summed E-state index contributed by atoms with van der Waals surface area (Å²) < 4.78 is 6.15. The summed E-state index contributed by atoms with van der Waals surface area (Å²) in [5.74, 6) is 0.841. The van der Waals surface area contributed by atoms with Gasteiger partial charge >= 0.3 is 0 Å². The molecule has 1 N–H and O–H groups in total. The van der Waals surface area contributed by atoms with E-state index in [0.29, 0.717) is 11.2 Å². The fourth-order valence-electron chi connectivity index (χ4n) is 1.67. The average molecular weight is 325 g/mol. The lowest BCUT2D eigenvalue weighted by atomic mass is 10.2. The number of hydrogen-bond donors (Lipinski definition) is 1. The van der Waals surface area contributed by atoms with Gasteiger partial charge in [0, 0.05) is 18.7 Å². The Balaban J connectivity index is 1.93. The Hall–Kier alpha value is -1.66. The van der Waals surface area contributed by atoms with E-state index in [-0.39, 0.29) is 11.7 Å². The Morgan fingerprint density at radius 2 is 2.00 bits per heavy atom. The number of nitrogens with one attached hydrogen (secondary N) is 1. The van der Waals surface area contributed by atoms with E-state index >= 15 is 0 Å². The van der Waals surface area contributed by atoms with Crippen LogP contribution in [0.15, 0.2) is 45.5 Å². The van der Waals surface area contributed by atoms with Crippen molar-refractivity contribution in [3.8, 4) is 0 Å². The number of benzene rings is 1. The monoisotopic (exact) mass is 324 g/mol. The second-order valence-electron chi connectivity index (χ2n) is 4.17. The van der Waals surface area contributed by atoms with Gasteiger partial charge in [-0.25, -0.2) is 0 Å². The van der Waals surface area contributed by atoms with E-state index in [1.807, 2.05) is 19.1 Å². The van der Waals surface area contributed by atoms with Gasteiger partial charge in [0.25, 0.3) is 5.69 Å². The van der Waals surface area contributed by atoms with Gasteiger partial charge in [-0.2, -0.15) is 0 Å². The molecule has 0 aliphatic carbocycles. The lowest BCUT2D eigenvalue weighted by Crippen LogP contribution is -2.17. The molecule has 1 unspecified atom stereocenters. The first-order valence-electron chi connectivity index (χ1n) is 5.78. The van der Waals surface area contributed by atoms with Crippen LogP contribution in [0.1, 0.15) is 24.3 Å². The molecule has 0 spiro atoms. The zero-order chi connectivity index (χ0) is 13.8. The summed E-state index contributed by atoms with van der Waals surface area (Å²) in [6, 6.07) is 10.3. The molecule has 0 bridgehead atoms. The Labute approximate surface area is 118 Å². The Morgan fingerprint density at radius 3 is 2.53 bits per heavy atom. The lowest BCUT2D eigenvalue weighted by Gasteiger charge is -2.11. The van der Waals surface area contributed by atoms with E-state index in [4.69, 9.17) is 4.42 Å². The van der Waals surface area contributed by atoms with Crippen LogP contribution in [0.3, 0.4) is 0 Å². The predicted molar refractivity (Wildman–Crippen MR) is 74.8 cm³/mol. The molecule has 5 nitrogen and oxygen atoms in total. The number of furan rings is 1. The fourth-order valence-corrected chi connectivity index (χ4v) is 1.99. The van der Waals surface area contributed by atoms with Crippen molar-refractivity contribution in [1.82, 2.24) is 5.32 Å². The highest BCUT2D eigenvalue weighted by atomic mass is 79.9. The van der Waals surface area contributed by atoms with Crippen LogP contribution in [0.5, 0.6) is 0 Å². The van der Waals surface area contributed by atoms with Crippen LogP contribution in [0.2, 0.25) is 0 Å². The zero-order valence-corrected chi connectivity index (χ0v) is 11.9. The van der Waals surface area contributed by atoms with Gasteiger partial charge in [0.05, 0.1) is 11.0 Å². The highest BCUT2D eigenvalue weighted by molar-refractivity contribution is 9.10. The number of halogens is 1. The highest BCUT2D eigenvalue weighted by Gasteiger charge is 2.09. The number of nitro groups is 1. The minimum absolute atomic E-state index is 0.0708. The maximum absolute atomic E-state index is 10.5. The van der Waals surface area contributed by atoms with E-state index in [1.54, 1.807) is 12.1 Å². The van der Waals surface area contributed by atoms with Crippen LogP contribution < -0.4 is 5.32 Å². The maximum Gasteiger partial charge on any atom is 0.269 e. The van der Waals surface area contributed by atoms with E-state index in [2.05, 4.69) is 21.2 Å². The van der Waals surface area contributed by atoms with Crippen LogP contribution in [0, 0.1) is 10.1 Å². The molecule has 100 valence electrons. The molecular formula is C13H13BrN2O3. The van der Waals surface area contributed by atoms with Gasteiger partial charge in [0.15, 0.2) is 4.67 Å². The van der Waals surface area contributed by atoms with Gasteiger partial charge in [-0.1, -0.05) is 12.1 Å². The number of nitrogens with zero attached hydrogens (tertiary/aromatic N) is 1. The molecule has 2 aromatic rings. The first kappa shape index (κ1) is 13.8. The smallest absolute Gasteiger partial charge is 0.269 e. The first-order chi connectivity index (χ1) is 9.06. The van der Waals surface area contributed by atoms with Crippen molar-refractivity contribution in [2.75, 3.05) is 0 Å². The number of non-ortho nitro benzene ring substituents is 1. The van der Waals surface area contributed by atoms with Crippen molar-refractivity contribution < 1.29 is 9.34 Å². The second-order valence-corrected chi connectivity index (χ2v) is 4.95. The zero-order valence-electron chi connectivity index (χ0n) is 10.3. The maximum atomic E-state index is 10.5. The third-order valence-electron chi connectivity index (χ3n) is 2.78. The third-order valence-corrected chi connectivity index (χ3v) is 3.21. The molecule has 19 heavy (non-hydrogen) atoms. The third kappa shape index (κ3) is 3.65. The number of hydrogen-bond acceptors (Lipinski definition) is 4. The molecule has 6 heteroatoms. The molecule has 0 saturated carbocycles. The van der Waals surface area contributed by atoms with Crippen molar-refractivity contribution in [3.63, 3.8) is 0 Å². The quantitative estimate of drug-likeness (QED) is 0.670. The molecule has 1 atom stereocenters. The predicted octanol–water partition coefficient (Wildman–Crippen LogP) is 3.80. The van der Waals surface area contributed by atoms with E-state index in [1.165, 1.54) is 12.1 Å². The summed E-state index contributed by atoms with van der Waals surface area (Å²) in [5, 5.41) is 13.8. The van der Waals surface area contributed by atoms with Gasteiger partial charge in [-0.15, -0.1) is 0 Å². The SMILES string of the molecule is CC(NCc1ccc([N+](=O)[O-])cc1)c1ccc(Br)o1. The van der Waals surface area contributed by atoms with E-state index < -0.39 is 4.92 Å². The molecule has 1 aromatic heterocycles. The molecule has 0 saturated heterocycles. The molecule has 0 amide bonds. The number of rotatable bonds is 5. The second kappa shape index (κ2) is 5.99. The van der Waals surface area contributed by atoms with Gasteiger partial charge < -0.3 is 9.73 Å². The Kier molecular flexibility index (Phi) is 4.34. The minimum Gasteiger partial charge on any atom is -0.453 e. The van der Waals surface area contributed by atoms with Crippen molar-refractivity contribution >= 4 is 21.6 Å². The standard InChI is InChI=1S/C13H13BrN2O3/c1-9(12-6-7-13(14)19-12)15-8-10-2-4-11(5-3-10)16(17)18/h2-7,9,15H,8H2,1H3. The summed E-state index contributed by atoms with van der Waals surface area (Å²) in [5.41, 5.74) is 1.09. The molecule has 0 fully saturated rings. The van der Waals surface area contributed by atoms with Crippen LogP contribution in [0.25, 0.3) is 0 Å².